The third-order valence-corrected chi connectivity index (χ3v) is 2.70. The third kappa shape index (κ3) is 9.25. The van der Waals surface area contributed by atoms with Crippen molar-refractivity contribution in [2.75, 3.05) is 19.7 Å². The Bertz CT molecular complexity index is 413. The molecule has 6 heteroatoms. The second kappa shape index (κ2) is 11.0. The number of nitrogens with one attached hydrogen (secondary N) is 1. The van der Waals surface area contributed by atoms with Crippen LogP contribution >= 0.6 is 35.6 Å². The first kappa shape index (κ1) is 19.3. The summed E-state index contributed by atoms with van der Waals surface area (Å²) in [4.78, 5) is 4.23. The molecule has 0 unspecified atom stereocenters. The fourth-order valence-electron chi connectivity index (χ4n) is 1.40. The van der Waals surface area contributed by atoms with E-state index in [-0.39, 0.29) is 24.0 Å². The largest absolute Gasteiger partial charge is 0.492 e. The molecule has 0 aromatic heterocycles. The minimum atomic E-state index is 0. The zero-order chi connectivity index (χ0) is 14.1. The van der Waals surface area contributed by atoms with Gasteiger partial charge in [-0.25, -0.2) is 0 Å². The molecule has 0 aliphatic heterocycles. The highest BCUT2D eigenvalue weighted by Gasteiger charge is 1.96. The van der Waals surface area contributed by atoms with Crippen molar-refractivity contribution in [2.24, 2.45) is 16.6 Å². The number of aliphatic imine (C=N–C) groups is 1. The summed E-state index contributed by atoms with van der Waals surface area (Å²) < 4.78 is 5.52. The number of nitrogens with two attached hydrogens (primary N) is 1. The van der Waals surface area contributed by atoms with Crippen molar-refractivity contribution in [3.05, 3.63) is 29.3 Å². The molecule has 20 heavy (non-hydrogen) atoms. The molecular formula is C14H23ClIN3O. The van der Waals surface area contributed by atoms with E-state index in [9.17, 15) is 0 Å². The highest BCUT2D eigenvalue weighted by molar-refractivity contribution is 14.0. The Labute approximate surface area is 143 Å². The van der Waals surface area contributed by atoms with E-state index in [1.807, 2.05) is 18.2 Å². The molecule has 1 aromatic carbocycles. The molecule has 0 amide bonds. The van der Waals surface area contributed by atoms with E-state index in [1.54, 1.807) is 6.07 Å². The first-order valence-electron chi connectivity index (χ1n) is 6.50. The Balaban J connectivity index is 0.00000361. The SMILES string of the molecule is CC(C)CCN=C(N)NCCOc1cccc(Cl)c1.I. The average molecular weight is 412 g/mol. The van der Waals surface area contributed by atoms with Crippen LogP contribution in [0, 0.1) is 5.92 Å². The van der Waals surface area contributed by atoms with Crippen LogP contribution in [-0.2, 0) is 0 Å². The lowest BCUT2D eigenvalue weighted by atomic mass is 10.1. The number of benzene rings is 1. The van der Waals surface area contributed by atoms with Crippen molar-refractivity contribution >= 4 is 41.5 Å². The van der Waals surface area contributed by atoms with Gasteiger partial charge in [0.05, 0.1) is 6.54 Å². The molecule has 0 aliphatic rings. The number of hydrogen-bond acceptors (Lipinski definition) is 2. The number of hydrogen-bond donors (Lipinski definition) is 2. The van der Waals surface area contributed by atoms with Crippen molar-refractivity contribution in [2.45, 2.75) is 20.3 Å². The molecule has 0 heterocycles. The molecule has 0 aliphatic carbocycles. The molecule has 0 atom stereocenters. The van der Waals surface area contributed by atoms with Crippen LogP contribution in [0.3, 0.4) is 0 Å². The van der Waals surface area contributed by atoms with E-state index in [0.717, 1.165) is 18.7 Å². The first-order chi connectivity index (χ1) is 9.08. The molecule has 0 saturated heterocycles. The average Bonchev–Trinajstić information content (AvgIpc) is 2.34. The van der Waals surface area contributed by atoms with Crippen LogP contribution in [0.4, 0.5) is 0 Å². The molecule has 4 nitrogen and oxygen atoms in total. The maximum absolute atomic E-state index is 5.86. The number of nitrogens with zero attached hydrogens (tertiary/aromatic N) is 1. The van der Waals surface area contributed by atoms with Crippen molar-refractivity contribution in [1.82, 2.24) is 5.32 Å². The van der Waals surface area contributed by atoms with Crippen molar-refractivity contribution in [3.8, 4) is 5.75 Å². The Morgan fingerprint density at radius 3 is 2.85 bits per heavy atom. The van der Waals surface area contributed by atoms with Gasteiger partial charge < -0.3 is 15.8 Å². The van der Waals surface area contributed by atoms with Gasteiger partial charge in [-0.2, -0.15) is 0 Å². The summed E-state index contributed by atoms with van der Waals surface area (Å²) in [6.45, 7) is 6.21. The van der Waals surface area contributed by atoms with Crippen LogP contribution in [0.25, 0.3) is 0 Å². The summed E-state index contributed by atoms with van der Waals surface area (Å²) >= 11 is 5.86. The zero-order valence-electron chi connectivity index (χ0n) is 11.9. The van der Waals surface area contributed by atoms with Gasteiger partial charge in [-0.3, -0.25) is 4.99 Å². The predicted octanol–water partition coefficient (Wildman–Crippen LogP) is 3.29. The summed E-state index contributed by atoms with van der Waals surface area (Å²) in [5.74, 6) is 1.86. The third-order valence-electron chi connectivity index (χ3n) is 2.46. The van der Waals surface area contributed by atoms with E-state index >= 15 is 0 Å². The van der Waals surface area contributed by atoms with Gasteiger partial charge in [0, 0.05) is 11.6 Å². The molecule has 0 radical (unpaired) electrons. The van der Waals surface area contributed by atoms with Crippen LogP contribution < -0.4 is 15.8 Å². The van der Waals surface area contributed by atoms with E-state index in [2.05, 4.69) is 24.2 Å². The van der Waals surface area contributed by atoms with Crippen molar-refractivity contribution in [1.29, 1.82) is 0 Å². The lowest BCUT2D eigenvalue weighted by Crippen LogP contribution is -2.34. The van der Waals surface area contributed by atoms with Crippen molar-refractivity contribution in [3.63, 3.8) is 0 Å². The summed E-state index contributed by atoms with van der Waals surface area (Å²) in [7, 11) is 0. The Hall–Kier alpha value is -0.690. The molecule has 3 N–H and O–H groups in total. The maximum atomic E-state index is 5.86. The van der Waals surface area contributed by atoms with E-state index < -0.39 is 0 Å². The molecule has 1 rings (SSSR count). The Morgan fingerprint density at radius 2 is 2.20 bits per heavy atom. The van der Waals surface area contributed by atoms with Crippen LogP contribution in [-0.4, -0.2) is 25.7 Å². The Morgan fingerprint density at radius 1 is 1.45 bits per heavy atom. The summed E-state index contributed by atoms with van der Waals surface area (Å²) in [6.07, 6.45) is 1.04. The van der Waals surface area contributed by atoms with E-state index in [1.165, 1.54) is 0 Å². The van der Waals surface area contributed by atoms with Crippen LogP contribution in [0.2, 0.25) is 5.02 Å². The minimum Gasteiger partial charge on any atom is -0.492 e. The second-order valence-corrected chi connectivity index (χ2v) is 5.12. The highest BCUT2D eigenvalue weighted by Crippen LogP contribution is 2.16. The minimum absolute atomic E-state index is 0. The van der Waals surface area contributed by atoms with Crippen LogP contribution in [0.15, 0.2) is 29.3 Å². The van der Waals surface area contributed by atoms with Gasteiger partial charge in [-0.05, 0) is 30.5 Å². The zero-order valence-corrected chi connectivity index (χ0v) is 15.0. The number of rotatable bonds is 7. The second-order valence-electron chi connectivity index (χ2n) is 4.68. The lowest BCUT2D eigenvalue weighted by molar-refractivity contribution is 0.322. The van der Waals surface area contributed by atoms with Crippen LogP contribution in [0.5, 0.6) is 5.75 Å². The van der Waals surface area contributed by atoms with Gasteiger partial charge >= 0.3 is 0 Å². The summed E-state index contributed by atoms with van der Waals surface area (Å²) in [5.41, 5.74) is 5.73. The predicted molar refractivity (Wildman–Crippen MR) is 96.3 cm³/mol. The van der Waals surface area contributed by atoms with Gasteiger partial charge in [0.15, 0.2) is 5.96 Å². The molecule has 0 spiro atoms. The smallest absolute Gasteiger partial charge is 0.188 e. The van der Waals surface area contributed by atoms with Gasteiger partial charge in [-0.15, -0.1) is 24.0 Å². The molecule has 0 fully saturated rings. The van der Waals surface area contributed by atoms with Gasteiger partial charge in [0.25, 0.3) is 0 Å². The highest BCUT2D eigenvalue weighted by atomic mass is 127. The first-order valence-corrected chi connectivity index (χ1v) is 6.88. The van der Waals surface area contributed by atoms with Gasteiger partial charge in [-0.1, -0.05) is 31.5 Å². The molecule has 0 bridgehead atoms. The number of halogens is 2. The standard InChI is InChI=1S/C14H22ClN3O.HI/c1-11(2)6-7-17-14(16)18-8-9-19-13-5-3-4-12(15)10-13;/h3-5,10-11H,6-9H2,1-2H3,(H3,16,17,18);1H. The Kier molecular flexibility index (Phi) is 10.6. The number of guanidine groups is 1. The molecule has 114 valence electrons. The van der Waals surface area contributed by atoms with Gasteiger partial charge in [0.1, 0.15) is 12.4 Å². The topological polar surface area (TPSA) is 59.6 Å². The molecular weight excluding hydrogens is 389 g/mol. The molecule has 0 saturated carbocycles. The normalized spacial score (nSPS) is 11.1. The van der Waals surface area contributed by atoms with E-state index in [4.69, 9.17) is 22.1 Å². The van der Waals surface area contributed by atoms with Crippen LogP contribution in [0.1, 0.15) is 20.3 Å². The lowest BCUT2D eigenvalue weighted by Gasteiger charge is -2.08. The number of ether oxygens (including phenoxy) is 1. The van der Waals surface area contributed by atoms with Gasteiger partial charge in [0.2, 0.25) is 0 Å². The maximum Gasteiger partial charge on any atom is 0.188 e. The fourth-order valence-corrected chi connectivity index (χ4v) is 1.58. The van der Waals surface area contributed by atoms with Crippen molar-refractivity contribution < 1.29 is 4.74 Å². The quantitative estimate of drug-likeness (QED) is 0.313. The molecule has 1 aromatic rings. The summed E-state index contributed by atoms with van der Waals surface area (Å²) in [6, 6.07) is 7.31. The fraction of sp³-hybridized carbons (Fsp3) is 0.500. The van der Waals surface area contributed by atoms with E-state index in [0.29, 0.717) is 30.1 Å². The summed E-state index contributed by atoms with van der Waals surface area (Å²) in [5, 5.41) is 3.68. The monoisotopic (exact) mass is 411 g/mol.